The summed E-state index contributed by atoms with van der Waals surface area (Å²) in [7, 11) is 0. The maximum absolute atomic E-state index is 12.5. The van der Waals surface area contributed by atoms with Gasteiger partial charge >= 0.3 is 5.97 Å². The van der Waals surface area contributed by atoms with E-state index < -0.39 is 0 Å². The Morgan fingerprint density at radius 2 is 2.04 bits per heavy atom. The maximum atomic E-state index is 12.5. The lowest BCUT2D eigenvalue weighted by Crippen LogP contribution is -2.31. The number of rotatable bonds is 8. The zero-order valence-electron chi connectivity index (χ0n) is 16.1. The largest absolute Gasteiger partial charge is 0.462 e. The molecule has 2 heterocycles. The Morgan fingerprint density at radius 3 is 2.62 bits per heavy atom. The number of aromatic amines is 1. The van der Waals surface area contributed by atoms with Gasteiger partial charge in [-0.2, -0.15) is 0 Å². The fourth-order valence-electron chi connectivity index (χ4n) is 3.09. The minimum absolute atomic E-state index is 0.0152. The van der Waals surface area contributed by atoms with Crippen LogP contribution < -0.4 is 5.32 Å². The van der Waals surface area contributed by atoms with E-state index in [0.717, 1.165) is 17.0 Å². The van der Waals surface area contributed by atoms with Gasteiger partial charge in [-0.05, 0) is 50.1 Å². The molecule has 2 rings (SSSR count). The minimum atomic E-state index is -0.313. The fraction of sp³-hybridized carbons (Fsp3) is 0.500. The van der Waals surface area contributed by atoms with Gasteiger partial charge in [-0.25, -0.2) is 4.79 Å². The quantitative estimate of drug-likeness (QED) is 0.674. The molecule has 2 N–H and O–H groups in total. The summed E-state index contributed by atoms with van der Waals surface area (Å²) in [5.41, 5.74) is 3.15. The van der Waals surface area contributed by atoms with Crippen LogP contribution >= 0.6 is 11.3 Å². The SMILES string of the molecule is CCOC(=O)c1c(C)[nH]c(CCC(=O)N[C@@H](c2cccs2)C(C)C)c1C. The molecule has 0 aliphatic heterocycles. The van der Waals surface area contributed by atoms with E-state index in [0.29, 0.717) is 30.9 Å². The van der Waals surface area contributed by atoms with Crippen molar-refractivity contribution in [3.05, 3.63) is 44.9 Å². The molecule has 0 radical (unpaired) electrons. The molecule has 2 aromatic rings. The van der Waals surface area contributed by atoms with Gasteiger partial charge in [0, 0.05) is 22.7 Å². The number of amides is 1. The molecule has 0 saturated carbocycles. The lowest BCUT2D eigenvalue weighted by atomic mass is 10.0. The van der Waals surface area contributed by atoms with Crippen molar-refractivity contribution in [2.45, 2.75) is 53.5 Å². The number of hydrogen-bond acceptors (Lipinski definition) is 4. The van der Waals surface area contributed by atoms with Gasteiger partial charge in [0.25, 0.3) is 0 Å². The molecule has 5 nitrogen and oxygen atoms in total. The van der Waals surface area contributed by atoms with Crippen molar-refractivity contribution in [3.8, 4) is 0 Å². The molecule has 142 valence electrons. The molecule has 6 heteroatoms. The second kappa shape index (κ2) is 9.03. The van der Waals surface area contributed by atoms with E-state index in [1.165, 1.54) is 4.88 Å². The predicted molar refractivity (Wildman–Crippen MR) is 105 cm³/mol. The van der Waals surface area contributed by atoms with Crippen LogP contribution in [0.2, 0.25) is 0 Å². The van der Waals surface area contributed by atoms with Gasteiger partial charge in [0.2, 0.25) is 5.91 Å². The van der Waals surface area contributed by atoms with Crippen LogP contribution in [-0.4, -0.2) is 23.5 Å². The van der Waals surface area contributed by atoms with Crippen LogP contribution in [0.15, 0.2) is 17.5 Å². The topological polar surface area (TPSA) is 71.2 Å². The average Bonchev–Trinajstić information content (AvgIpc) is 3.19. The van der Waals surface area contributed by atoms with Gasteiger partial charge in [-0.1, -0.05) is 19.9 Å². The number of ether oxygens (including phenoxy) is 1. The van der Waals surface area contributed by atoms with Crippen LogP contribution in [0.3, 0.4) is 0 Å². The van der Waals surface area contributed by atoms with E-state index in [1.54, 1.807) is 18.3 Å². The van der Waals surface area contributed by atoms with Gasteiger partial charge in [-0.15, -0.1) is 11.3 Å². The van der Waals surface area contributed by atoms with Gasteiger partial charge in [-0.3, -0.25) is 4.79 Å². The molecular formula is C20H28N2O3S. The lowest BCUT2D eigenvalue weighted by Gasteiger charge is -2.21. The summed E-state index contributed by atoms with van der Waals surface area (Å²) in [5.74, 6) is 0.0240. The third-order valence-electron chi connectivity index (χ3n) is 4.46. The summed E-state index contributed by atoms with van der Waals surface area (Å²) in [4.78, 5) is 28.9. The van der Waals surface area contributed by atoms with Crippen LogP contribution in [0.1, 0.15) is 65.4 Å². The highest BCUT2D eigenvalue weighted by atomic mass is 32.1. The maximum Gasteiger partial charge on any atom is 0.340 e. The first-order chi connectivity index (χ1) is 12.3. The monoisotopic (exact) mass is 376 g/mol. The highest BCUT2D eigenvalue weighted by molar-refractivity contribution is 7.10. The molecule has 0 spiro atoms. The Balaban J connectivity index is 2.01. The first-order valence-electron chi connectivity index (χ1n) is 9.03. The van der Waals surface area contributed by atoms with E-state index >= 15 is 0 Å². The molecule has 0 bridgehead atoms. The summed E-state index contributed by atoms with van der Waals surface area (Å²) in [6, 6.07) is 4.09. The normalized spacial score (nSPS) is 12.2. The van der Waals surface area contributed by atoms with Crippen molar-refractivity contribution in [2.24, 2.45) is 5.92 Å². The molecule has 0 aromatic carbocycles. The van der Waals surface area contributed by atoms with Crippen LogP contribution in [0, 0.1) is 19.8 Å². The number of aromatic nitrogens is 1. The van der Waals surface area contributed by atoms with Crippen molar-refractivity contribution in [1.29, 1.82) is 0 Å². The molecule has 0 aliphatic carbocycles. The lowest BCUT2D eigenvalue weighted by molar-refractivity contribution is -0.122. The van der Waals surface area contributed by atoms with E-state index in [2.05, 4.69) is 30.2 Å². The zero-order chi connectivity index (χ0) is 19.3. The van der Waals surface area contributed by atoms with Crippen molar-refractivity contribution in [1.82, 2.24) is 10.3 Å². The zero-order valence-corrected chi connectivity index (χ0v) is 17.0. The summed E-state index contributed by atoms with van der Waals surface area (Å²) >= 11 is 1.66. The molecule has 0 aliphatic rings. The minimum Gasteiger partial charge on any atom is -0.462 e. The summed E-state index contributed by atoms with van der Waals surface area (Å²) in [6.07, 6.45) is 0.935. The number of hydrogen-bond donors (Lipinski definition) is 2. The Bertz CT molecular complexity index is 747. The van der Waals surface area contributed by atoms with Crippen LogP contribution in [0.4, 0.5) is 0 Å². The number of esters is 1. The predicted octanol–water partition coefficient (Wildman–Crippen LogP) is 4.32. The highest BCUT2D eigenvalue weighted by Gasteiger charge is 2.21. The third kappa shape index (κ3) is 4.75. The molecule has 0 saturated heterocycles. The third-order valence-corrected chi connectivity index (χ3v) is 5.41. The Morgan fingerprint density at radius 1 is 1.31 bits per heavy atom. The Kier molecular flexibility index (Phi) is 7.03. The Hall–Kier alpha value is -2.08. The standard InChI is InChI=1S/C20H28N2O3S/c1-6-25-20(24)18-13(4)15(21-14(18)5)9-10-17(23)22-19(12(2)3)16-8-7-11-26-16/h7-8,11-12,19,21H,6,9-10H2,1-5H3,(H,22,23)/t19-/m1/s1. The molecule has 1 amide bonds. The van der Waals surface area contributed by atoms with E-state index in [1.807, 2.05) is 25.3 Å². The molecule has 0 fully saturated rings. The smallest absolute Gasteiger partial charge is 0.340 e. The van der Waals surface area contributed by atoms with Gasteiger partial charge in [0.05, 0.1) is 18.2 Å². The van der Waals surface area contributed by atoms with Crippen molar-refractivity contribution in [3.63, 3.8) is 0 Å². The average molecular weight is 377 g/mol. The van der Waals surface area contributed by atoms with E-state index in [-0.39, 0.29) is 17.9 Å². The number of aryl methyl sites for hydroxylation is 2. The molecular weight excluding hydrogens is 348 g/mol. The van der Waals surface area contributed by atoms with Crippen LogP contribution in [-0.2, 0) is 16.0 Å². The van der Waals surface area contributed by atoms with Crippen molar-refractivity contribution >= 4 is 23.2 Å². The second-order valence-electron chi connectivity index (χ2n) is 6.75. The molecule has 0 unspecified atom stereocenters. The first-order valence-corrected chi connectivity index (χ1v) is 9.91. The van der Waals surface area contributed by atoms with E-state index in [4.69, 9.17) is 4.74 Å². The first kappa shape index (κ1) is 20.2. The van der Waals surface area contributed by atoms with Crippen molar-refractivity contribution < 1.29 is 14.3 Å². The number of H-pyrrole nitrogens is 1. The number of nitrogens with one attached hydrogen (secondary N) is 2. The summed E-state index contributed by atoms with van der Waals surface area (Å²) < 4.78 is 5.11. The summed E-state index contributed by atoms with van der Waals surface area (Å²) in [5, 5.41) is 5.17. The molecule has 1 atom stereocenters. The second-order valence-corrected chi connectivity index (χ2v) is 7.73. The molecule has 26 heavy (non-hydrogen) atoms. The number of carbonyl (C=O) groups is 2. The van der Waals surface area contributed by atoms with E-state index in [9.17, 15) is 9.59 Å². The molecule has 2 aromatic heterocycles. The van der Waals surface area contributed by atoms with Gasteiger partial charge in [0.1, 0.15) is 0 Å². The number of thiophene rings is 1. The van der Waals surface area contributed by atoms with Crippen LogP contribution in [0.25, 0.3) is 0 Å². The number of carbonyl (C=O) groups excluding carboxylic acids is 2. The Labute approximate surface area is 159 Å². The fourth-order valence-corrected chi connectivity index (χ4v) is 4.04. The highest BCUT2D eigenvalue weighted by Crippen LogP contribution is 2.26. The van der Waals surface area contributed by atoms with Crippen LogP contribution in [0.5, 0.6) is 0 Å². The summed E-state index contributed by atoms with van der Waals surface area (Å²) in [6.45, 7) is 10.1. The van der Waals surface area contributed by atoms with Gasteiger partial charge < -0.3 is 15.0 Å². The van der Waals surface area contributed by atoms with Gasteiger partial charge in [0.15, 0.2) is 0 Å². The van der Waals surface area contributed by atoms with Crippen molar-refractivity contribution in [2.75, 3.05) is 6.61 Å².